The van der Waals surface area contributed by atoms with Crippen LogP contribution in [0.5, 0.6) is 0 Å². The molecule has 0 saturated heterocycles. The number of ether oxygens (including phenoxy) is 2. The lowest BCUT2D eigenvalue weighted by Crippen LogP contribution is -2.39. The molecule has 126 valence electrons. The van der Waals surface area contributed by atoms with Crippen LogP contribution in [0.4, 0.5) is 0 Å². The predicted molar refractivity (Wildman–Crippen MR) is 95.4 cm³/mol. The highest BCUT2D eigenvalue weighted by Crippen LogP contribution is 1.83. The van der Waals surface area contributed by atoms with E-state index >= 15 is 0 Å². The Hall–Kier alpha value is -0.610. The number of aliphatic imine (C=N–C) groups is 1. The molecule has 0 atom stereocenters. The Bertz CT molecular complexity index is 278. The van der Waals surface area contributed by atoms with Crippen molar-refractivity contribution in [2.45, 2.75) is 20.3 Å². The van der Waals surface area contributed by atoms with Crippen LogP contribution >= 0.6 is 24.0 Å². The van der Waals surface area contributed by atoms with Crippen LogP contribution in [0.3, 0.4) is 0 Å². The SMILES string of the molecule is CCNC(=O)CN=C(NCC)NCCCOCCOC.I. The summed E-state index contributed by atoms with van der Waals surface area (Å²) in [5.41, 5.74) is 0. The highest BCUT2D eigenvalue weighted by molar-refractivity contribution is 14.0. The third-order valence-electron chi connectivity index (χ3n) is 2.29. The van der Waals surface area contributed by atoms with Crippen molar-refractivity contribution in [3.8, 4) is 0 Å². The number of carbonyl (C=O) groups is 1. The summed E-state index contributed by atoms with van der Waals surface area (Å²) in [6.07, 6.45) is 0.870. The van der Waals surface area contributed by atoms with Crippen molar-refractivity contribution in [1.29, 1.82) is 0 Å². The van der Waals surface area contributed by atoms with E-state index in [1.807, 2.05) is 13.8 Å². The zero-order valence-electron chi connectivity index (χ0n) is 13.2. The second-order valence-corrected chi connectivity index (χ2v) is 4.03. The van der Waals surface area contributed by atoms with Crippen molar-refractivity contribution in [1.82, 2.24) is 16.0 Å². The van der Waals surface area contributed by atoms with Crippen molar-refractivity contribution in [2.75, 3.05) is 53.1 Å². The molecule has 0 spiro atoms. The maximum absolute atomic E-state index is 11.3. The van der Waals surface area contributed by atoms with Crippen molar-refractivity contribution in [3.05, 3.63) is 0 Å². The molecular weight excluding hydrogens is 387 g/mol. The molecule has 0 aromatic rings. The lowest BCUT2D eigenvalue weighted by Gasteiger charge is -2.11. The van der Waals surface area contributed by atoms with Crippen molar-refractivity contribution >= 4 is 35.8 Å². The average Bonchev–Trinajstić information content (AvgIpc) is 2.44. The molecule has 0 fully saturated rings. The number of likely N-dealkylation sites (N-methyl/N-ethyl adjacent to an activating group) is 1. The monoisotopic (exact) mass is 416 g/mol. The number of halogens is 1. The molecule has 0 rings (SSSR count). The maximum atomic E-state index is 11.3. The van der Waals surface area contributed by atoms with Gasteiger partial charge in [0.25, 0.3) is 0 Å². The first-order chi connectivity index (χ1) is 9.74. The molecule has 0 aromatic carbocycles. The Labute approximate surface area is 144 Å². The van der Waals surface area contributed by atoms with Gasteiger partial charge in [-0.3, -0.25) is 4.79 Å². The number of hydrogen-bond acceptors (Lipinski definition) is 4. The summed E-state index contributed by atoms with van der Waals surface area (Å²) in [5, 5.41) is 8.95. The number of rotatable bonds is 11. The third-order valence-corrected chi connectivity index (χ3v) is 2.29. The Balaban J connectivity index is 0. The molecule has 0 unspecified atom stereocenters. The van der Waals surface area contributed by atoms with Gasteiger partial charge in [0, 0.05) is 33.4 Å². The predicted octanol–water partition coefficient (Wildman–Crippen LogP) is 0.349. The summed E-state index contributed by atoms with van der Waals surface area (Å²) in [5.74, 6) is 0.572. The molecule has 1 amide bonds. The first kappa shape index (κ1) is 22.7. The summed E-state index contributed by atoms with van der Waals surface area (Å²) in [6, 6.07) is 0. The van der Waals surface area contributed by atoms with Crippen LogP contribution in [0.1, 0.15) is 20.3 Å². The van der Waals surface area contributed by atoms with Gasteiger partial charge < -0.3 is 25.4 Å². The molecule has 0 aliphatic rings. The summed E-state index contributed by atoms with van der Waals surface area (Å²) in [6.45, 7) is 8.02. The maximum Gasteiger partial charge on any atom is 0.241 e. The zero-order chi connectivity index (χ0) is 15.1. The third kappa shape index (κ3) is 15.6. The van der Waals surface area contributed by atoms with Gasteiger partial charge in [0.2, 0.25) is 5.91 Å². The fourth-order valence-electron chi connectivity index (χ4n) is 1.37. The second-order valence-electron chi connectivity index (χ2n) is 4.03. The van der Waals surface area contributed by atoms with Gasteiger partial charge in [0.15, 0.2) is 5.96 Å². The fourth-order valence-corrected chi connectivity index (χ4v) is 1.37. The van der Waals surface area contributed by atoms with Gasteiger partial charge in [-0.15, -0.1) is 24.0 Å². The van der Waals surface area contributed by atoms with E-state index in [4.69, 9.17) is 9.47 Å². The molecule has 0 saturated carbocycles. The fraction of sp³-hybridized carbons (Fsp3) is 0.846. The van der Waals surface area contributed by atoms with Crippen molar-refractivity contribution in [3.63, 3.8) is 0 Å². The average molecular weight is 416 g/mol. The van der Waals surface area contributed by atoms with Crippen LogP contribution in [0.25, 0.3) is 0 Å². The van der Waals surface area contributed by atoms with E-state index in [2.05, 4.69) is 20.9 Å². The summed E-state index contributed by atoms with van der Waals surface area (Å²) >= 11 is 0. The quantitative estimate of drug-likeness (QED) is 0.196. The van der Waals surface area contributed by atoms with Gasteiger partial charge >= 0.3 is 0 Å². The molecule has 8 heteroatoms. The number of methoxy groups -OCH3 is 1. The smallest absolute Gasteiger partial charge is 0.241 e. The number of hydrogen-bond donors (Lipinski definition) is 3. The van der Waals surface area contributed by atoms with Gasteiger partial charge in [-0.2, -0.15) is 0 Å². The van der Waals surface area contributed by atoms with Crippen LogP contribution in [0.2, 0.25) is 0 Å². The summed E-state index contributed by atoms with van der Waals surface area (Å²) in [7, 11) is 1.65. The number of guanidine groups is 1. The van der Waals surface area contributed by atoms with E-state index in [0.29, 0.717) is 32.3 Å². The van der Waals surface area contributed by atoms with E-state index in [0.717, 1.165) is 19.5 Å². The normalized spacial score (nSPS) is 10.7. The van der Waals surface area contributed by atoms with Crippen LogP contribution < -0.4 is 16.0 Å². The first-order valence-electron chi connectivity index (χ1n) is 7.10. The van der Waals surface area contributed by atoms with E-state index in [9.17, 15) is 4.79 Å². The molecule has 21 heavy (non-hydrogen) atoms. The van der Waals surface area contributed by atoms with E-state index in [-0.39, 0.29) is 36.4 Å². The van der Waals surface area contributed by atoms with Gasteiger partial charge in [-0.1, -0.05) is 0 Å². The van der Waals surface area contributed by atoms with Crippen LogP contribution in [-0.2, 0) is 14.3 Å². The molecule has 0 aliphatic carbocycles. The van der Waals surface area contributed by atoms with Crippen molar-refractivity contribution < 1.29 is 14.3 Å². The van der Waals surface area contributed by atoms with E-state index in [1.54, 1.807) is 7.11 Å². The summed E-state index contributed by atoms with van der Waals surface area (Å²) in [4.78, 5) is 15.5. The van der Waals surface area contributed by atoms with Crippen LogP contribution in [0.15, 0.2) is 4.99 Å². The minimum absolute atomic E-state index is 0. The molecule has 0 radical (unpaired) electrons. The molecule has 3 N–H and O–H groups in total. The molecule has 0 heterocycles. The highest BCUT2D eigenvalue weighted by Gasteiger charge is 2.00. The van der Waals surface area contributed by atoms with Gasteiger partial charge in [0.1, 0.15) is 6.54 Å². The molecule has 7 nitrogen and oxygen atoms in total. The minimum atomic E-state index is -0.0763. The minimum Gasteiger partial charge on any atom is -0.382 e. The lowest BCUT2D eigenvalue weighted by atomic mass is 10.4. The Morgan fingerprint density at radius 1 is 1.05 bits per heavy atom. The van der Waals surface area contributed by atoms with E-state index in [1.165, 1.54) is 0 Å². The Morgan fingerprint density at radius 3 is 2.38 bits per heavy atom. The highest BCUT2D eigenvalue weighted by atomic mass is 127. The lowest BCUT2D eigenvalue weighted by molar-refractivity contribution is -0.119. The largest absolute Gasteiger partial charge is 0.382 e. The Kier molecular flexibility index (Phi) is 18.8. The number of nitrogens with zero attached hydrogens (tertiary/aromatic N) is 1. The van der Waals surface area contributed by atoms with E-state index < -0.39 is 0 Å². The van der Waals surface area contributed by atoms with Crippen LogP contribution in [-0.4, -0.2) is 65.0 Å². The second kappa shape index (κ2) is 17.4. The summed E-state index contributed by atoms with van der Waals surface area (Å²) < 4.78 is 10.2. The first-order valence-corrected chi connectivity index (χ1v) is 7.10. The number of carbonyl (C=O) groups excluding carboxylic acids is 1. The molecular formula is C13H29IN4O3. The van der Waals surface area contributed by atoms with Gasteiger partial charge in [0.05, 0.1) is 13.2 Å². The Morgan fingerprint density at radius 2 is 1.76 bits per heavy atom. The molecule has 0 aromatic heterocycles. The van der Waals surface area contributed by atoms with Gasteiger partial charge in [-0.25, -0.2) is 4.99 Å². The number of nitrogens with one attached hydrogen (secondary N) is 3. The molecule has 0 aliphatic heterocycles. The van der Waals surface area contributed by atoms with Crippen molar-refractivity contribution in [2.24, 2.45) is 4.99 Å². The molecule has 0 bridgehead atoms. The standard InChI is InChI=1S/C13H28N4O3.HI/c1-4-14-12(18)11-17-13(15-5-2)16-7-6-8-20-10-9-19-3;/h4-11H2,1-3H3,(H,14,18)(H2,15,16,17);1H. The zero-order valence-corrected chi connectivity index (χ0v) is 15.6. The van der Waals surface area contributed by atoms with Crippen LogP contribution in [0, 0.1) is 0 Å². The number of amides is 1. The van der Waals surface area contributed by atoms with Gasteiger partial charge in [-0.05, 0) is 20.3 Å². The topological polar surface area (TPSA) is 84.0 Å².